The minimum atomic E-state index is -2.87. The van der Waals surface area contributed by atoms with Crippen LogP contribution in [0.2, 0.25) is 0 Å². The first-order valence-corrected chi connectivity index (χ1v) is 10.8. The highest BCUT2D eigenvalue weighted by Gasteiger charge is 2.19. The van der Waals surface area contributed by atoms with Crippen LogP contribution in [0.15, 0.2) is 41.6 Å². The van der Waals surface area contributed by atoms with Gasteiger partial charge >= 0.3 is 6.61 Å². The van der Waals surface area contributed by atoms with Gasteiger partial charge in [0.2, 0.25) is 0 Å². The van der Waals surface area contributed by atoms with Crippen molar-refractivity contribution in [3.05, 3.63) is 64.7 Å². The molecule has 0 saturated carbocycles. The summed E-state index contributed by atoms with van der Waals surface area (Å²) in [6.07, 6.45) is 0. The Morgan fingerprint density at radius 1 is 1.06 bits per heavy atom. The van der Waals surface area contributed by atoms with Gasteiger partial charge in [-0.15, -0.1) is 10.2 Å². The number of thioether (sulfide) groups is 1. The van der Waals surface area contributed by atoms with Crippen LogP contribution in [0.1, 0.15) is 33.1 Å². The third-order valence-electron chi connectivity index (χ3n) is 5.05. The van der Waals surface area contributed by atoms with Crippen LogP contribution in [-0.4, -0.2) is 42.3 Å². The third-order valence-corrected chi connectivity index (χ3v) is 5.98. The summed E-state index contributed by atoms with van der Waals surface area (Å²) in [4.78, 5) is 17.4. The van der Waals surface area contributed by atoms with Crippen LogP contribution in [0.4, 0.5) is 8.78 Å². The molecule has 0 aliphatic rings. The molecular formula is C22H21F2N5O2S. The number of alkyl halides is 2. The number of ether oxygens (including phenoxy) is 1. The number of carbonyl (C=O) groups is 1. The van der Waals surface area contributed by atoms with Crippen LogP contribution >= 0.6 is 11.8 Å². The number of rotatable bonds is 7. The summed E-state index contributed by atoms with van der Waals surface area (Å²) in [5, 5.41) is 8.89. The summed E-state index contributed by atoms with van der Waals surface area (Å²) in [5.41, 5.74) is 4.80. The Kier molecular flexibility index (Phi) is 5.96. The van der Waals surface area contributed by atoms with Crippen molar-refractivity contribution in [1.82, 2.24) is 24.1 Å². The van der Waals surface area contributed by atoms with Gasteiger partial charge in [0.1, 0.15) is 5.75 Å². The predicted octanol–water partition coefficient (Wildman–Crippen LogP) is 4.73. The van der Waals surface area contributed by atoms with E-state index in [1.165, 1.54) is 23.9 Å². The molecule has 3 aromatic heterocycles. The van der Waals surface area contributed by atoms with E-state index in [4.69, 9.17) is 0 Å². The second-order valence-electron chi connectivity index (χ2n) is 7.36. The van der Waals surface area contributed by atoms with Crippen molar-refractivity contribution in [3.8, 4) is 11.4 Å². The van der Waals surface area contributed by atoms with Crippen LogP contribution in [0.5, 0.6) is 5.75 Å². The number of carbonyl (C=O) groups excluding carboxylic acids is 1. The molecule has 0 unspecified atom stereocenters. The normalized spacial score (nSPS) is 11.5. The van der Waals surface area contributed by atoms with Gasteiger partial charge in [0.15, 0.2) is 10.9 Å². The first-order chi connectivity index (χ1) is 15.2. The van der Waals surface area contributed by atoms with Gasteiger partial charge in [0, 0.05) is 34.0 Å². The predicted molar refractivity (Wildman–Crippen MR) is 117 cm³/mol. The molecule has 4 aromatic rings. The van der Waals surface area contributed by atoms with E-state index in [9.17, 15) is 13.6 Å². The average Bonchev–Trinajstić information content (AvgIpc) is 3.27. The van der Waals surface area contributed by atoms with Gasteiger partial charge in [0.25, 0.3) is 5.78 Å². The van der Waals surface area contributed by atoms with Crippen LogP contribution < -0.4 is 4.74 Å². The molecule has 32 heavy (non-hydrogen) atoms. The van der Waals surface area contributed by atoms with Gasteiger partial charge < -0.3 is 9.30 Å². The molecule has 0 amide bonds. The number of hydrogen-bond donors (Lipinski definition) is 0. The Bertz CT molecular complexity index is 1300. The molecule has 10 heteroatoms. The molecule has 0 aliphatic carbocycles. The van der Waals surface area contributed by atoms with Crippen molar-refractivity contribution < 1.29 is 18.3 Å². The number of aryl methyl sites for hydroxylation is 3. The molecule has 0 fully saturated rings. The number of fused-ring (bicyclic) bond motifs is 1. The molecule has 0 bridgehead atoms. The minimum absolute atomic E-state index is 0.0403. The van der Waals surface area contributed by atoms with E-state index in [1.807, 2.05) is 48.8 Å². The second kappa shape index (κ2) is 8.70. The number of benzene rings is 1. The fourth-order valence-electron chi connectivity index (χ4n) is 3.72. The van der Waals surface area contributed by atoms with E-state index in [0.717, 1.165) is 28.5 Å². The summed E-state index contributed by atoms with van der Waals surface area (Å²) >= 11 is 1.31. The van der Waals surface area contributed by atoms with Gasteiger partial charge in [0.05, 0.1) is 5.75 Å². The SMILES string of the molecule is Cc1cc(C)n2c(SCC(=O)c3cc(C)n(-c4ccc(OC(F)F)cc4)c3C)nnc2n1. The number of Topliss-reactive ketones (excluding diaryl/α,β-unsaturated/α-hetero) is 1. The summed E-state index contributed by atoms with van der Waals surface area (Å²) in [5.74, 6) is 0.746. The largest absolute Gasteiger partial charge is 0.435 e. The maximum Gasteiger partial charge on any atom is 0.387 e. The van der Waals surface area contributed by atoms with Crippen LogP contribution in [0.3, 0.4) is 0 Å². The number of hydrogen-bond acceptors (Lipinski definition) is 6. The highest BCUT2D eigenvalue weighted by molar-refractivity contribution is 7.99. The zero-order chi connectivity index (χ0) is 23.0. The van der Waals surface area contributed by atoms with Gasteiger partial charge in [-0.05, 0) is 64.1 Å². The van der Waals surface area contributed by atoms with Gasteiger partial charge in [-0.3, -0.25) is 9.20 Å². The zero-order valence-corrected chi connectivity index (χ0v) is 18.8. The summed E-state index contributed by atoms with van der Waals surface area (Å²) in [6.45, 7) is 4.72. The lowest BCUT2D eigenvalue weighted by atomic mass is 10.2. The van der Waals surface area contributed by atoms with E-state index in [1.54, 1.807) is 12.1 Å². The lowest BCUT2D eigenvalue weighted by Gasteiger charge is -2.11. The summed E-state index contributed by atoms with van der Waals surface area (Å²) in [6, 6.07) is 10.1. The molecule has 166 valence electrons. The lowest BCUT2D eigenvalue weighted by molar-refractivity contribution is -0.0498. The van der Waals surface area contributed by atoms with Gasteiger partial charge in [-0.25, -0.2) is 4.98 Å². The smallest absolute Gasteiger partial charge is 0.387 e. The van der Waals surface area contributed by atoms with E-state index < -0.39 is 6.61 Å². The fraction of sp³-hybridized carbons (Fsp3) is 0.273. The minimum Gasteiger partial charge on any atom is -0.435 e. The standard InChI is InChI=1S/C22H21F2N5O2S/c1-12-9-13(2)29-21(25-12)26-27-22(29)32-11-19(30)18-10-14(3)28(15(18)4)16-5-7-17(8-6-16)31-20(23)24/h5-10,20H,11H2,1-4H3. The maximum absolute atomic E-state index is 13.0. The quantitative estimate of drug-likeness (QED) is 0.295. The van der Waals surface area contributed by atoms with Crippen molar-refractivity contribution in [2.75, 3.05) is 5.75 Å². The number of nitrogens with zero attached hydrogens (tertiary/aromatic N) is 5. The summed E-state index contributed by atoms with van der Waals surface area (Å²) in [7, 11) is 0. The van der Waals surface area contributed by atoms with Crippen LogP contribution in [0.25, 0.3) is 11.5 Å². The number of aromatic nitrogens is 5. The Morgan fingerprint density at radius 3 is 2.47 bits per heavy atom. The molecule has 0 spiro atoms. The maximum atomic E-state index is 13.0. The van der Waals surface area contributed by atoms with Crippen molar-refractivity contribution in [1.29, 1.82) is 0 Å². The number of ketones is 1. The highest BCUT2D eigenvalue weighted by atomic mass is 32.2. The van der Waals surface area contributed by atoms with Crippen LogP contribution in [-0.2, 0) is 0 Å². The molecule has 0 radical (unpaired) electrons. The number of halogens is 2. The molecule has 0 atom stereocenters. The zero-order valence-electron chi connectivity index (χ0n) is 18.0. The van der Waals surface area contributed by atoms with E-state index in [-0.39, 0.29) is 17.3 Å². The molecule has 3 heterocycles. The third kappa shape index (κ3) is 4.22. The van der Waals surface area contributed by atoms with E-state index >= 15 is 0 Å². The average molecular weight is 458 g/mol. The van der Waals surface area contributed by atoms with Gasteiger partial charge in [-0.1, -0.05) is 11.8 Å². The first-order valence-electron chi connectivity index (χ1n) is 9.84. The Labute approximate surface area is 187 Å². The Morgan fingerprint density at radius 2 is 1.78 bits per heavy atom. The molecule has 4 rings (SSSR count). The van der Waals surface area contributed by atoms with E-state index in [2.05, 4.69) is 19.9 Å². The molecule has 0 aliphatic heterocycles. The summed E-state index contributed by atoms with van der Waals surface area (Å²) < 4.78 is 32.9. The van der Waals surface area contributed by atoms with Crippen molar-refractivity contribution >= 4 is 23.3 Å². The Hall–Kier alpha value is -3.27. The Balaban J connectivity index is 1.54. The molecule has 1 aromatic carbocycles. The van der Waals surface area contributed by atoms with Crippen molar-refractivity contribution in [3.63, 3.8) is 0 Å². The highest BCUT2D eigenvalue weighted by Crippen LogP contribution is 2.26. The first kappa shape index (κ1) is 21.9. The van der Waals surface area contributed by atoms with Crippen LogP contribution in [0, 0.1) is 27.7 Å². The fourth-order valence-corrected chi connectivity index (χ4v) is 4.59. The van der Waals surface area contributed by atoms with Crippen molar-refractivity contribution in [2.45, 2.75) is 39.5 Å². The molecule has 0 N–H and O–H groups in total. The monoisotopic (exact) mass is 457 g/mol. The topological polar surface area (TPSA) is 74.3 Å². The molecule has 7 nitrogen and oxygen atoms in total. The van der Waals surface area contributed by atoms with Gasteiger partial charge in [-0.2, -0.15) is 8.78 Å². The lowest BCUT2D eigenvalue weighted by Crippen LogP contribution is -2.07. The molecule has 0 saturated heterocycles. The second-order valence-corrected chi connectivity index (χ2v) is 8.30. The van der Waals surface area contributed by atoms with E-state index in [0.29, 0.717) is 16.5 Å². The van der Waals surface area contributed by atoms with Crippen molar-refractivity contribution in [2.24, 2.45) is 0 Å². The molecular weight excluding hydrogens is 436 g/mol.